The van der Waals surface area contributed by atoms with Crippen LogP contribution < -0.4 is 15.8 Å². The predicted molar refractivity (Wildman–Crippen MR) is 84.8 cm³/mol. The number of halogens is 1. The summed E-state index contributed by atoms with van der Waals surface area (Å²) < 4.78 is 7.90. The highest BCUT2D eigenvalue weighted by Crippen LogP contribution is 2.30. The van der Waals surface area contributed by atoms with E-state index in [1.54, 1.807) is 10.9 Å². The number of hydrogen-bond donors (Lipinski definition) is 1. The molecular weight excluding hydrogens is 336 g/mol. The molecular formula is C14H21BrN4O2. The Bertz CT molecular complexity index is 556. The van der Waals surface area contributed by atoms with Crippen molar-refractivity contribution in [1.82, 2.24) is 15.1 Å². The number of nitrogens with one attached hydrogen (secondary N) is 1. The van der Waals surface area contributed by atoms with Crippen LogP contribution in [0.3, 0.4) is 0 Å². The summed E-state index contributed by atoms with van der Waals surface area (Å²) in [7, 11) is 1.92. The fourth-order valence-corrected chi connectivity index (χ4v) is 3.20. The summed E-state index contributed by atoms with van der Waals surface area (Å²) in [5.74, 6) is 0.636. The number of rotatable bonds is 5. The normalized spacial score (nSPS) is 22.6. The highest BCUT2D eigenvalue weighted by molar-refractivity contribution is 9.10. The maximum atomic E-state index is 12.4. The summed E-state index contributed by atoms with van der Waals surface area (Å²) in [5, 5.41) is 7.47. The average molecular weight is 357 g/mol. The van der Waals surface area contributed by atoms with Gasteiger partial charge in [-0.15, -0.1) is 0 Å². The fourth-order valence-electron chi connectivity index (χ4n) is 2.64. The van der Waals surface area contributed by atoms with Gasteiger partial charge in [0.15, 0.2) is 0 Å². The third kappa shape index (κ3) is 3.46. The van der Waals surface area contributed by atoms with Gasteiger partial charge in [-0.3, -0.25) is 4.79 Å². The smallest absolute Gasteiger partial charge is 0.283 e. The first-order valence-electron chi connectivity index (χ1n) is 7.46. The van der Waals surface area contributed by atoms with Crippen LogP contribution in [0.2, 0.25) is 0 Å². The van der Waals surface area contributed by atoms with Crippen molar-refractivity contribution < 1.29 is 4.74 Å². The fraction of sp³-hybridized carbons (Fsp3) is 0.714. The topological polar surface area (TPSA) is 59.4 Å². The molecule has 1 N–H and O–H groups in total. The molecule has 2 fully saturated rings. The standard InChI is InChI=1S/C14H21BrN4O2/c1-16-6-11-9-18(4-5-21-11)12-7-17-19(8-10-2-3-10)14(20)13(12)15/h7,10-11,16H,2-6,8-9H2,1H3. The first kappa shape index (κ1) is 15.0. The van der Waals surface area contributed by atoms with Crippen LogP contribution in [0, 0.1) is 5.92 Å². The Morgan fingerprint density at radius 1 is 1.52 bits per heavy atom. The van der Waals surface area contributed by atoms with Gasteiger partial charge >= 0.3 is 0 Å². The van der Waals surface area contributed by atoms with E-state index in [0.717, 1.165) is 31.9 Å². The molecule has 21 heavy (non-hydrogen) atoms. The minimum atomic E-state index is -0.0314. The number of nitrogens with zero attached hydrogens (tertiary/aromatic N) is 3. The molecule has 3 rings (SSSR count). The van der Waals surface area contributed by atoms with Crippen molar-refractivity contribution in [1.29, 1.82) is 0 Å². The van der Waals surface area contributed by atoms with Crippen molar-refractivity contribution in [3.63, 3.8) is 0 Å². The van der Waals surface area contributed by atoms with Crippen molar-refractivity contribution >= 4 is 21.6 Å². The van der Waals surface area contributed by atoms with E-state index in [1.807, 2.05) is 7.05 Å². The molecule has 0 spiro atoms. The molecule has 2 aliphatic rings. The van der Waals surface area contributed by atoms with E-state index in [0.29, 0.717) is 17.0 Å². The highest BCUT2D eigenvalue weighted by Gasteiger charge is 2.26. The van der Waals surface area contributed by atoms with Gasteiger partial charge < -0.3 is 15.0 Å². The van der Waals surface area contributed by atoms with E-state index in [2.05, 4.69) is 31.2 Å². The Balaban J connectivity index is 1.78. The van der Waals surface area contributed by atoms with Gasteiger partial charge in [0.1, 0.15) is 4.47 Å². The number of morpholine rings is 1. The molecule has 1 aliphatic heterocycles. The Labute approximate surface area is 132 Å². The molecule has 6 nitrogen and oxygen atoms in total. The largest absolute Gasteiger partial charge is 0.373 e. The van der Waals surface area contributed by atoms with E-state index < -0.39 is 0 Å². The lowest BCUT2D eigenvalue weighted by molar-refractivity contribution is 0.0421. The molecule has 0 bridgehead atoms. The molecule has 1 aromatic heterocycles. The molecule has 0 aromatic carbocycles. The van der Waals surface area contributed by atoms with Gasteiger partial charge in [-0.2, -0.15) is 5.10 Å². The third-order valence-corrected chi connectivity index (χ3v) is 4.75. The summed E-state index contributed by atoms with van der Waals surface area (Å²) in [5.41, 5.74) is 0.840. The molecule has 0 radical (unpaired) electrons. The lowest BCUT2D eigenvalue weighted by Gasteiger charge is -2.34. The van der Waals surface area contributed by atoms with Gasteiger partial charge in [0, 0.05) is 26.2 Å². The van der Waals surface area contributed by atoms with Crippen molar-refractivity contribution in [3.8, 4) is 0 Å². The number of likely N-dealkylation sites (N-methyl/N-ethyl adjacent to an activating group) is 1. The zero-order valence-electron chi connectivity index (χ0n) is 12.2. The minimum absolute atomic E-state index is 0.0314. The Morgan fingerprint density at radius 2 is 2.33 bits per heavy atom. The first-order valence-corrected chi connectivity index (χ1v) is 8.25. The maximum absolute atomic E-state index is 12.4. The summed E-state index contributed by atoms with van der Waals surface area (Å²) >= 11 is 3.46. The van der Waals surface area contributed by atoms with Crippen molar-refractivity contribution in [2.24, 2.45) is 5.92 Å². The molecule has 1 atom stereocenters. The van der Waals surface area contributed by atoms with Crippen molar-refractivity contribution in [2.75, 3.05) is 38.2 Å². The molecule has 116 valence electrons. The van der Waals surface area contributed by atoms with Crippen LogP contribution in [0.5, 0.6) is 0 Å². The van der Waals surface area contributed by atoms with E-state index >= 15 is 0 Å². The highest BCUT2D eigenvalue weighted by atomic mass is 79.9. The van der Waals surface area contributed by atoms with Crippen LogP contribution in [0.1, 0.15) is 12.8 Å². The first-order chi connectivity index (χ1) is 10.2. The second kappa shape index (κ2) is 6.46. The van der Waals surface area contributed by atoms with Gasteiger partial charge in [0.2, 0.25) is 0 Å². The quantitative estimate of drug-likeness (QED) is 0.847. The lowest BCUT2D eigenvalue weighted by Crippen LogP contribution is -2.47. The van der Waals surface area contributed by atoms with Gasteiger partial charge in [-0.25, -0.2) is 4.68 Å². The van der Waals surface area contributed by atoms with E-state index in [1.165, 1.54) is 12.8 Å². The SMILES string of the molecule is CNCC1CN(c2cnn(CC3CC3)c(=O)c2Br)CCO1. The molecule has 1 saturated heterocycles. The predicted octanol–water partition coefficient (Wildman–Crippen LogP) is 0.840. The van der Waals surface area contributed by atoms with Gasteiger partial charge in [-0.05, 0) is 41.7 Å². The number of hydrogen-bond acceptors (Lipinski definition) is 5. The molecule has 7 heteroatoms. The van der Waals surface area contributed by atoms with Crippen molar-refractivity contribution in [3.05, 3.63) is 21.0 Å². The lowest BCUT2D eigenvalue weighted by atomic mass is 10.2. The van der Waals surface area contributed by atoms with Crippen LogP contribution in [-0.2, 0) is 11.3 Å². The maximum Gasteiger partial charge on any atom is 0.283 e. The van der Waals surface area contributed by atoms with Crippen molar-refractivity contribution in [2.45, 2.75) is 25.5 Å². The molecule has 1 unspecified atom stereocenters. The summed E-state index contributed by atoms with van der Waals surface area (Å²) in [4.78, 5) is 14.6. The minimum Gasteiger partial charge on any atom is -0.373 e. The Morgan fingerprint density at radius 3 is 3.05 bits per heavy atom. The summed E-state index contributed by atoms with van der Waals surface area (Å²) in [6.45, 7) is 3.77. The van der Waals surface area contributed by atoms with Crippen LogP contribution in [0.4, 0.5) is 5.69 Å². The monoisotopic (exact) mass is 356 g/mol. The van der Waals surface area contributed by atoms with E-state index in [4.69, 9.17) is 4.74 Å². The molecule has 1 aromatic rings. The van der Waals surface area contributed by atoms with Crippen LogP contribution in [-0.4, -0.2) is 49.2 Å². The van der Waals surface area contributed by atoms with Gasteiger partial charge in [-0.1, -0.05) is 0 Å². The summed E-state index contributed by atoms with van der Waals surface area (Å²) in [6, 6.07) is 0. The molecule has 1 saturated carbocycles. The van der Waals surface area contributed by atoms with E-state index in [-0.39, 0.29) is 11.7 Å². The molecule has 0 amide bonds. The number of anilines is 1. The summed E-state index contributed by atoms with van der Waals surface area (Å²) in [6.07, 6.45) is 4.37. The Kier molecular flexibility index (Phi) is 4.61. The van der Waals surface area contributed by atoms with Gasteiger partial charge in [0.25, 0.3) is 5.56 Å². The van der Waals surface area contributed by atoms with Gasteiger partial charge in [0.05, 0.1) is 24.6 Å². The zero-order chi connectivity index (χ0) is 14.8. The second-order valence-corrected chi connectivity index (χ2v) is 6.56. The van der Waals surface area contributed by atoms with Crippen LogP contribution in [0.25, 0.3) is 0 Å². The molecule has 2 heterocycles. The third-order valence-electron chi connectivity index (χ3n) is 4.01. The number of ether oxygens (including phenoxy) is 1. The Hall–Kier alpha value is -0.920. The molecule has 1 aliphatic carbocycles. The average Bonchev–Trinajstić information content (AvgIpc) is 3.29. The van der Waals surface area contributed by atoms with Crippen LogP contribution in [0.15, 0.2) is 15.5 Å². The second-order valence-electron chi connectivity index (χ2n) is 5.77. The van der Waals surface area contributed by atoms with E-state index in [9.17, 15) is 4.79 Å². The number of aromatic nitrogens is 2. The zero-order valence-corrected chi connectivity index (χ0v) is 13.8. The van der Waals surface area contributed by atoms with Crippen LogP contribution >= 0.6 is 15.9 Å².